The van der Waals surface area contributed by atoms with Crippen molar-refractivity contribution in [2.24, 2.45) is 7.05 Å². The smallest absolute Gasteiger partial charge is 0.381 e. The van der Waals surface area contributed by atoms with Crippen LogP contribution in [-0.2, 0) is 19.8 Å². The molecule has 3 aromatic rings. The van der Waals surface area contributed by atoms with Crippen molar-refractivity contribution < 1.29 is 17.6 Å². The van der Waals surface area contributed by atoms with Crippen molar-refractivity contribution in [3.8, 4) is 11.3 Å². The van der Waals surface area contributed by atoms with Crippen LogP contribution in [0.5, 0.6) is 0 Å². The minimum absolute atomic E-state index is 0.0566. The highest BCUT2D eigenvalue weighted by Crippen LogP contribution is 2.32. The van der Waals surface area contributed by atoms with Gasteiger partial charge in [-0.05, 0) is 48.4 Å². The zero-order valence-corrected chi connectivity index (χ0v) is 14.1. The van der Waals surface area contributed by atoms with Crippen molar-refractivity contribution in [1.82, 2.24) is 14.8 Å². The third-order valence-corrected chi connectivity index (χ3v) is 4.03. The molecule has 0 aliphatic rings. The summed E-state index contributed by atoms with van der Waals surface area (Å²) in [5, 5.41) is 6.51. The maximum absolute atomic E-state index is 14.5. The number of nitrogens with zero attached hydrogens (tertiary/aromatic N) is 3. The van der Waals surface area contributed by atoms with Gasteiger partial charge in [-0.3, -0.25) is 9.67 Å². The van der Waals surface area contributed by atoms with Crippen LogP contribution in [0.2, 0.25) is 0 Å². The lowest BCUT2D eigenvalue weighted by Crippen LogP contribution is -2.06. The van der Waals surface area contributed by atoms with E-state index in [0.717, 1.165) is 21.9 Å². The van der Waals surface area contributed by atoms with Crippen molar-refractivity contribution in [1.29, 1.82) is 0 Å². The van der Waals surface area contributed by atoms with E-state index in [9.17, 15) is 17.6 Å². The van der Waals surface area contributed by atoms with Gasteiger partial charge in [0.2, 0.25) is 0 Å². The number of aromatic nitrogens is 3. The number of aryl methyl sites for hydroxylation is 2. The van der Waals surface area contributed by atoms with Gasteiger partial charge in [0.1, 0.15) is 5.82 Å². The zero-order valence-electron chi connectivity index (χ0n) is 14.1. The lowest BCUT2D eigenvalue weighted by molar-refractivity contribution is -0.141. The van der Waals surface area contributed by atoms with Crippen molar-refractivity contribution >= 4 is 5.69 Å². The number of pyridine rings is 1. The predicted molar refractivity (Wildman–Crippen MR) is 89.9 cm³/mol. The van der Waals surface area contributed by atoms with Crippen LogP contribution in [-0.4, -0.2) is 14.8 Å². The standard InChI is InChI=1S/C18H16F4N4/c1-11-9-23-6-5-12(11)10-24-13-3-4-14(15(19)7-13)16-8-17(18(20,21)22)25-26(16)2/h3-9,24H,10H2,1-2H3. The van der Waals surface area contributed by atoms with Gasteiger partial charge in [-0.1, -0.05) is 0 Å². The fraction of sp³-hybridized carbons (Fsp3) is 0.222. The molecule has 0 amide bonds. The van der Waals surface area contributed by atoms with Crippen molar-refractivity contribution in [2.75, 3.05) is 5.32 Å². The van der Waals surface area contributed by atoms with Crippen molar-refractivity contribution in [3.05, 3.63) is 65.4 Å². The normalized spacial score (nSPS) is 11.6. The van der Waals surface area contributed by atoms with Crippen LogP contribution in [0.3, 0.4) is 0 Å². The topological polar surface area (TPSA) is 42.7 Å². The van der Waals surface area contributed by atoms with Gasteiger partial charge in [-0.2, -0.15) is 18.3 Å². The van der Waals surface area contributed by atoms with Crippen molar-refractivity contribution in [2.45, 2.75) is 19.6 Å². The largest absolute Gasteiger partial charge is 0.435 e. The van der Waals surface area contributed by atoms with E-state index >= 15 is 0 Å². The van der Waals surface area contributed by atoms with Gasteiger partial charge in [0, 0.05) is 37.2 Å². The second kappa shape index (κ2) is 6.78. The van der Waals surface area contributed by atoms with E-state index in [0.29, 0.717) is 12.2 Å². The highest BCUT2D eigenvalue weighted by Gasteiger charge is 2.34. The van der Waals surface area contributed by atoms with Gasteiger partial charge in [0.05, 0.1) is 5.69 Å². The van der Waals surface area contributed by atoms with Crippen LogP contribution in [0.25, 0.3) is 11.3 Å². The molecule has 1 aromatic carbocycles. The quantitative estimate of drug-likeness (QED) is 0.690. The van der Waals surface area contributed by atoms with Gasteiger partial charge >= 0.3 is 6.18 Å². The Hall–Kier alpha value is -2.90. The molecule has 4 nitrogen and oxygen atoms in total. The summed E-state index contributed by atoms with van der Waals surface area (Å²) < 4.78 is 53.8. The number of benzene rings is 1. The van der Waals surface area contributed by atoms with Crippen LogP contribution < -0.4 is 5.32 Å². The third kappa shape index (κ3) is 3.68. The number of rotatable bonds is 4. The second-order valence-corrected chi connectivity index (χ2v) is 5.89. The molecule has 1 N–H and O–H groups in total. The lowest BCUT2D eigenvalue weighted by atomic mass is 10.1. The molecule has 0 bridgehead atoms. The highest BCUT2D eigenvalue weighted by molar-refractivity contribution is 5.64. The number of alkyl halides is 3. The molecule has 0 aliphatic heterocycles. The molecular weight excluding hydrogens is 348 g/mol. The molecule has 0 radical (unpaired) electrons. The first-order chi connectivity index (χ1) is 12.3. The Morgan fingerprint density at radius 3 is 2.54 bits per heavy atom. The maximum atomic E-state index is 14.5. The van der Waals surface area contributed by atoms with Crippen LogP contribution in [0.15, 0.2) is 42.7 Å². The summed E-state index contributed by atoms with van der Waals surface area (Å²) in [6.07, 6.45) is -1.16. The van der Waals surface area contributed by atoms with E-state index < -0.39 is 17.7 Å². The summed E-state index contributed by atoms with van der Waals surface area (Å²) in [5.41, 5.74) is 1.62. The highest BCUT2D eigenvalue weighted by atomic mass is 19.4. The van der Waals surface area contributed by atoms with E-state index in [4.69, 9.17) is 0 Å². The summed E-state index contributed by atoms with van der Waals surface area (Å²) in [6, 6.07) is 7.02. The average molecular weight is 364 g/mol. The summed E-state index contributed by atoms with van der Waals surface area (Å²) in [4.78, 5) is 4.01. The van der Waals surface area contributed by atoms with E-state index in [2.05, 4.69) is 15.4 Å². The molecule has 0 spiro atoms. The first kappa shape index (κ1) is 17.9. The molecule has 0 saturated heterocycles. The minimum Gasteiger partial charge on any atom is -0.381 e. The first-order valence-corrected chi connectivity index (χ1v) is 7.80. The Labute approximate surface area is 147 Å². The number of hydrogen-bond donors (Lipinski definition) is 1. The Bertz CT molecular complexity index is 931. The summed E-state index contributed by atoms with van der Waals surface area (Å²) in [5.74, 6) is -0.627. The molecule has 2 heterocycles. The van der Waals surface area contributed by atoms with Crippen LogP contribution in [0.4, 0.5) is 23.2 Å². The van der Waals surface area contributed by atoms with E-state index in [1.165, 1.54) is 19.2 Å². The van der Waals surface area contributed by atoms with Gasteiger partial charge in [-0.25, -0.2) is 4.39 Å². The van der Waals surface area contributed by atoms with Crippen LogP contribution in [0, 0.1) is 12.7 Å². The van der Waals surface area contributed by atoms with Gasteiger partial charge < -0.3 is 5.32 Å². The van der Waals surface area contributed by atoms with Gasteiger partial charge in [-0.15, -0.1) is 0 Å². The van der Waals surface area contributed by atoms with Crippen LogP contribution >= 0.6 is 0 Å². The fourth-order valence-electron chi connectivity index (χ4n) is 2.59. The Morgan fingerprint density at radius 2 is 1.92 bits per heavy atom. The minimum atomic E-state index is -4.57. The summed E-state index contributed by atoms with van der Waals surface area (Å²) in [7, 11) is 1.35. The molecule has 3 rings (SSSR count). The number of nitrogens with one attached hydrogen (secondary N) is 1. The molecule has 0 fully saturated rings. The SMILES string of the molecule is Cc1cnccc1CNc1ccc(-c2cc(C(F)(F)F)nn2C)c(F)c1. The molecular formula is C18H16F4N4. The number of anilines is 1. The van der Waals surface area contributed by atoms with Crippen LogP contribution in [0.1, 0.15) is 16.8 Å². The molecule has 0 atom stereocenters. The fourth-order valence-corrected chi connectivity index (χ4v) is 2.59. The first-order valence-electron chi connectivity index (χ1n) is 7.80. The lowest BCUT2D eigenvalue weighted by Gasteiger charge is -2.10. The average Bonchev–Trinajstić information content (AvgIpc) is 2.96. The Balaban J connectivity index is 1.82. The second-order valence-electron chi connectivity index (χ2n) is 5.89. The molecule has 0 aliphatic carbocycles. The van der Waals surface area contributed by atoms with E-state index in [-0.39, 0.29) is 11.3 Å². The monoisotopic (exact) mass is 364 g/mol. The maximum Gasteiger partial charge on any atom is 0.435 e. The zero-order chi connectivity index (χ0) is 18.9. The predicted octanol–water partition coefficient (Wildman–Crippen LogP) is 4.56. The summed E-state index contributed by atoms with van der Waals surface area (Å²) in [6.45, 7) is 2.41. The number of hydrogen-bond acceptors (Lipinski definition) is 3. The molecule has 26 heavy (non-hydrogen) atoms. The van der Waals surface area contributed by atoms with E-state index in [1.54, 1.807) is 18.5 Å². The molecule has 2 aromatic heterocycles. The molecule has 136 valence electrons. The van der Waals surface area contributed by atoms with Gasteiger partial charge in [0.25, 0.3) is 0 Å². The van der Waals surface area contributed by atoms with Crippen molar-refractivity contribution in [3.63, 3.8) is 0 Å². The molecule has 0 saturated carbocycles. The van der Waals surface area contributed by atoms with E-state index in [1.807, 2.05) is 13.0 Å². The Kier molecular flexibility index (Phi) is 4.67. The molecule has 8 heteroatoms. The Morgan fingerprint density at radius 1 is 1.15 bits per heavy atom. The third-order valence-electron chi connectivity index (χ3n) is 4.03. The van der Waals surface area contributed by atoms with Gasteiger partial charge in [0.15, 0.2) is 5.69 Å². The molecule has 0 unspecified atom stereocenters. The summed E-state index contributed by atoms with van der Waals surface area (Å²) >= 11 is 0. The number of halogens is 4.